The van der Waals surface area contributed by atoms with Crippen molar-refractivity contribution >= 4 is 11.6 Å². The van der Waals surface area contributed by atoms with Crippen molar-refractivity contribution in [1.29, 1.82) is 0 Å². The molecule has 2 aromatic rings. The molecule has 0 bridgehead atoms. The zero-order valence-electron chi connectivity index (χ0n) is 17.4. The molecule has 6 heteroatoms. The van der Waals surface area contributed by atoms with Crippen molar-refractivity contribution in [3.8, 4) is 5.75 Å². The van der Waals surface area contributed by atoms with E-state index in [2.05, 4.69) is 62.6 Å². The summed E-state index contributed by atoms with van der Waals surface area (Å²) in [5, 5.41) is 3.20. The van der Waals surface area contributed by atoms with E-state index in [9.17, 15) is 0 Å². The molecule has 0 saturated carbocycles. The van der Waals surface area contributed by atoms with Crippen molar-refractivity contribution in [2.45, 2.75) is 12.8 Å². The third-order valence-electron chi connectivity index (χ3n) is 5.29. The quantitative estimate of drug-likeness (QED) is 0.388. The SMILES string of the molecule is COc1ccc(CCNC(N)=NCCCN2CCN(c3ccccc3)CC2)cc1. The molecule has 3 rings (SSSR count). The van der Waals surface area contributed by atoms with Gasteiger partial charge in [0.2, 0.25) is 0 Å². The predicted molar refractivity (Wildman–Crippen MR) is 121 cm³/mol. The number of ether oxygens (including phenoxy) is 1. The number of nitrogens with zero attached hydrogens (tertiary/aromatic N) is 3. The van der Waals surface area contributed by atoms with Gasteiger partial charge in [0.1, 0.15) is 5.75 Å². The number of aliphatic imine (C=N–C) groups is 1. The Kier molecular flexibility index (Phi) is 8.19. The number of anilines is 1. The normalized spacial score (nSPS) is 15.3. The zero-order chi connectivity index (χ0) is 20.3. The Morgan fingerprint density at radius 3 is 2.45 bits per heavy atom. The highest BCUT2D eigenvalue weighted by atomic mass is 16.5. The second-order valence-corrected chi connectivity index (χ2v) is 7.31. The highest BCUT2D eigenvalue weighted by Gasteiger charge is 2.16. The summed E-state index contributed by atoms with van der Waals surface area (Å²) in [6, 6.07) is 18.8. The summed E-state index contributed by atoms with van der Waals surface area (Å²) >= 11 is 0. The Morgan fingerprint density at radius 2 is 1.76 bits per heavy atom. The second kappa shape index (κ2) is 11.3. The Balaban J connectivity index is 1.27. The Bertz CT molecular complexity index is 740. The maximum Gasteiger partial charge on any atom is 0.188 e. The number of hydrogen-bond donors (Lipinski definition) is 2. The van der Waals surface area contributed by atoms with Gasteiger partial charge in [-0.3, -0.25) is 9.89 Å². The van der Waals surface area contributed by atoms with Crippen molar-refractivity contribution in [2.24, 2.45) is 10.7 Å². The van der Waals surface area contributed by atoms with Gasteiger partial charge in [0, 0.05) is 51.5 Å². The van der Waals surface area contributed by atoms with Crippen LogP contribution >= 0.6 is 0 Å². The van der Waals surface area contributed by atoms with E-state index in [1.165, 1.54) is 11.3 Å². The van der Waals surface area contributed by atoms with Crippen LogP contribution in [0.15, 0.2) is 59.6 Å². The summed E-state index contributed by atoms with van der Waals surface area (Å²) in [5.41, 5.74) is 8.56. The Morgan fingerprint density at radius 1 is 1.03 bits per heavy atom. The largest absolute Gasteiger partial charge is 0.497 e. The molecule has 1 saturated heterocycles. The van der Waals surface area contributed by atoms with Crippen LogP contribution < -0.4 is 20.7 Å². The zero-order valence-corrected chi connectivity index (χ0v) is 17.4. The lowest BCUT2D eigenvalue weighted by molar-refractivity contribution is 0.256. The van der Waals surface area contributed by atoms with E-state index < -0.39 is 0 Å². The second-order valence-electron chi connectivity index (χ2n) is 7.31. The lowest BCUT2D eigenvalue weighted by atomic mass is 10.1. The predicted octanol–water partition coefficient (Wildman–Crippen LogP) is 2.35. The number of piperazine rings is 1. The first kappa shape index (κ1) is 21.0. The van der Waals surface area contributed by atoms with Crippen LogP contribution in [0.4, 0.5) is 5.69 Å². The fourth-order valence-electron chi connectivity index (χ4n) is 3.55. The molecule has 6 nitrogen and oxygen atoms in total. The van der Waals surface area contributed by atoms with Gasteiger partial charge in [-0.2, -0.15) is 0 Å². The highest BCUT2D eigenvalue weighted by Crippen LogP contribution is 2.15. The van der Waals surface area contributed by atoms with Crippen LogP contribution in [0.5, 0.6) is 5.75 Å². The van der Waals surface area contributed by atoms with Crippen LogP contribution in [-0.2, 0) is 6.42 Å². The van der Waals surface area contributed by atoms with Crippen LogP contribution in [0.25, 0.3) is 0 Å². The average molecular weight is 396 g/mol. The van der Waals surface area contributed by atoms with E-state index in [1.807, 2.05) is 12.1 Å². The summed E-state index contributed by atoms with van der Waals surface area (Å²) in [6.07, 6.45) is 1.94. The molecule has 29 heavy (non-hydrogen) atoms. The van der Waals surface area contributed by atoms with E-state index in [4.69, 9.17) is 10.5 Å². The van der Waals surface area contributed by atoms with Gasteiger partial charge in [0.25, 0.3) is 0 Å². The summed E-state index contributed by atoms with van der Waals surface area (Å²) in [7, 11) is 1.68. The minimum absolute atomic E-state index is 0.535. The van der Waals surface area contributed by atoms with Crippen LogP contribution in [-0.4, -0.2) is 63.8 Å². The molecular weight excluding hydrogens is 362 g/mol. The maximum atomic E-state index is 5.98. The molecule has 2 aromatic carbocycles. The molecule has 1 heterocycles. The molecule has 0 aromatic heterocycles. The number of rotatable bonds is 9. The smallest absolute Gasteiger partial charge is 0.188 e. The van der Waals surface area contributed by atoms with Crippen molar-refractivity contribution in [2.75, 3.05) is 57.8 Å². The molecule has 156 valence electrons. The fraction of sp³-hybridized carbons (Fsp3) is 0.435. The number of methoxy groups -OCH3 is 1. The number of para-hydroxylation sites is 1. The lowest BCUT2D eigenvalue weighted by Crippen LogP contribution is -2.46. The third kappa shape index (κ3) is 6.98. The number of nitrogens with two attached hydrogens (primary N) is 1. The standard InChI is InChI=1S/C23H33N5O/c1-29-22-10-8-20(9-11-22)12-14-26-23(24)25-13-5-15-27-16-18-28(19-17-27)21-6-3-2-4-7-21/h2-4,6-11H,5,12-19H2,1H3,(H3,24,25,26). The maximum absolute atomic E-state index is 5.98. The Labute approximate surface area is 174 Å². The van der Waals surface area contributed by atoms with Crippen LogP contribution in [0.1, 0.15) is 12.0 Å². The van der Waals surface area contributed by atoms with E-state index in [1.54, 1.807) is 7.11 Å². The van der Waals surface area contributed by atoms with Crippen molar-refractivity contribution in [3.05, 3.63) is 60.2 Å². The highest BCUT2D eigenvalue weighted by molar-refractivity contribution is 5.77. The molecule has 0 atom stereocenters. The van der Waals surface area contributed by atoms with Crippen LogP contribution in [0.3, 0.4) is 0 Å². The molecule has 1 aliphatic heterocycles. The molecule has 0 unspecified atom stereocenters. The summed E-state index contributed by atoms with van der Waals surface area (Å²) in [4.78, 5) is 9.43. The van der Waals surface area contributed by atoms with Gasteiger partial charge < -0.3 is 20.7 Å². The Hall–Kier alpha value is -2.73. The minimum atomic E-state index is 0.535. The first-order valence-corrected chi connectivity index (χ1v) is 10.4. The summed E-state index contributed by atoms with van der Waals surface area (Å²) < 4.78 is 5.18. The molecule has 3 N–H and O–H groups in total. The topological polar surface area (TPSA) is 66.1 Å². The van der Waals surface area contributed by atoms with Crippen molar-refractivity contribution in [1.82, 2.24) is 10.2 Å². The van der Waals surface area contributed by atoms with Crippen molar-refractivity contribution < 1.29 is 4.74 Å². The molecule has 0 amide bonds. The van der Waals surface area contributed by atoms with E-state index in [0.29, 0.717) is 5.96 Å². The monoisotopic (exact) mass is 395 g/mol. The van der Waals surface area contributed by atoms with Gasteiger partial charge in [0.15, 0.2) is 5.96 Å². The van der Waals surface area contributed by atoms with Gasteiger partial charge in [-0.1, -0.05) is 30.3 Å². The molecule has 1 fully saturated rings. The average Bonchev–Trinajstić information content (AvgIpc) is 2.78. The summed E-state index contributed by atoms with van der Waals surface area (Å²) in [6.45, 7) is 7.00. The van der Waals surface area contributed by atoms with E-state index >= 15 is 0 Å². The molecule has 0 spiro atoms. The number of benzene rings is 2. The van der Waals surface area contributed by atoms with Crippen molar-refractivity contribution in [3.63, 3.8) is 0 Å². The minimum Gasteiger partial charge on any atom is -0.497 e. The van der Waals surface area contributed by atoms with Gasteiger partial charge in [-0.05, 0) is 42.7 Å². The summed E-state index contributed by atoms with van der Waals surface area (Å²) in [5.74, 6) is 1.41. The van der Waals surface area contributed by atoms with Gasteiger partial charge in [-0.25, -0.2) is 0 Å². The van der Waals surface area contributed by atoms with E-state index in [-0.39, 0.29) is 0 Å². The molecule has 1 aliphatic rings. The van der Waals surface area contributed by atoms with Crippen LogP contribution in [0, 0.1) is 0 Å². The van der Waals surface area contributed by atoms with Gasteiger partial charge in [0.05, 0.1) is 7.11 Å². The van der Waals surface area contributed by atoms with E-state index in [0.717, 1.165) is 64.4 Å². The molecule has 0 radical (unpaired) electrons. The first-order chi connectivity index (χ1) is 14.2. The lowest BCUT2D eigenvalue weighted by Gasteiger charge is -2.36. The van der Waals surface area contributed by atoms with Crippen LogP contribution in [0.2, 0.25) is 0 Å². The number of hydrogen-bond acceptors (Lipinski definition) is 4. The third-order valence-corrected chi connectivity index (χ3v) is 5.29. The number of nitrogens with one attached hydrogen (secondary N) is 1. The number of guanidine groups is 1. The first-order valence-electron chi connectivity index (χ1n) is 10.4. The fourth-order valence-corrected chi connectivity index (χ4v) is 3.55. The van der Waals surface area contributed by atoms with Gasteiger partial charge in [-0.15, -0.1) is 0 Å². The van der Waals surface area contributed by atoms with Gasteiger partial charge >= 0.3 is 0 Å². The molecular formula is C23H33N5O. The molecule has 0 aliphatic carbocycles.